The van der Waals surface area contributed by atoms with Gasteiger partial charge in [-0.25, -0.2) is 0 Å². The number of dihydropyridines is 1. The number of halogens is 1. The molecule has 0 aromatic rings. The minimum Gasteiger partial charge on any atom is -0.370 e. The average molecular weight is 176 g/mol. The maximum Gasteiger partial charge on any atom is 0.144 e. The van der Waals surface area contributed by atoms with E-state index in [-0.39, 0.29) is 0 Å². The average Bonchev–Trinajstić information content (AvgIpc) is 1.64. The van der Waals surface area contributed by atoms with Crippen molar-refractivity contribution in [1.29, 1.82) is 0 Å². The molecule has 2 N–H and O–H groups in total. The third-order valence-electron chi connectivity index (χ3n) is 0.827. The lowest BCUT2D eigenvalue weighted by Gasteiger charge is -2.09. The second-order valence-electron chi connectivity index (χ2n) is 1.50. The van der Waals surface area contributed by atoms with Gasteiger partial charge in [0.05, 0.1) is 0 Å². The van der Waals surface area contributed by atoms with Crippen molar-refractivity contribution in [2.24, 2.45) is 0 Å². The molecule has 0 saturated carbocycles. The summed E-state index contributed by atoms with van der Waals surface area (Å²) in [6, 6.07) is 0. The Balaban J connectivity index is 2.63. The van der Waals surface area contributed by atoms with Gasteiger partial charge in [-0.2, -0.15) is 0 Å². The van der Waals surface area contributed by atoms with E-state index in [4.69, 9.17) is 5.11 Å². The zero-order valence-corrected chi connectivity index (χ0v) is 5.72. The fourth-order valence-corrected chi connectivity index (χ4v) is 0.863. The van der Waals surface area contributed by atoms with Gasteiger partial charge in [0, 0.05) is 4.48 Å². The Morgan fingerprint density at radius 1 is 1.75 bits per heavy atom. The molecule has 1 aliphatic rings. The molecule has 2 nitrogen and oxygen atoms in total. The normalized spacial score (nSPS) is 26.8. The monoisotopic (exact) mass is 175 g/mol. The summed E-state index contributed by atoms with van der Waals surface area (Å²) < 4.78 is 0.906. The first-order valence-corrected chi connectivity index (χ1v) is 3.06. The quantitative estimate of drug-likeness (QED) is 0.569. The van der Waals surface area contributed by atoms with Gasteiger partial charge < -0.3 is 10.4 Å². The fraction of sp³-hybridized carbons (Fsp3) is 0.200. The molecule has 1 atom stereocenters. The molecular weight excluding hydrogens is 170 g/mol. The van der Waals surface area contributed by atoms with Gasteiger partial charge in [-0.3, -0.25) is 0 Å². The molecule has 0 fully saturated rings. The molecule has 0 amide bonds. The van der Waals surface area contributed by atoms with Gasteiger partial charge in [0.15, 0.2) is 0 Å². The first-order chi connectivity index (χ1) is 3.79. The van der Waals surface area contributed by atoms with E-state index >= 15 is 0 Å². The van der Waals surface area contributed by atoms with Crippen LogP contribution in [0.25, 0.3) is 0 Å². The standard InChI is InChI=1S/C5H6BrNO/c6-4-1-2-7-5(8)3-4/h1-3,5,7-8H. The zero-order chi connectivity index (χ0) is 5.98. The SMILES string of the molecule is OC1C=C(Br)C=CN1. The maximum absolute atomic E-state index is 8.81. The Kier molecular flexibility index (Phi) is 1.70. The second kappa shape index (κ2) is 2.33. The number of hydrogen-bond donors (Lipinski definition) is 2. The molecule has 0 spiro atoms. The molecule has 0 aromatic heterocycles. The van der Waals surface area contributed by atoms with Crippen LogP contribution in [0.15, 0.2) is 22.8 Å². The number of aliphatic hydroxyl groups excluding tert-OH is 1. The predicted molar refractivity (Wildman–Crippen MR) is 35.3 cm³/mol. The summed E-state index contributed by atoms with van der Waals surface area (Å²) in [5.74, 6) is 0. The lowest BCUT2D eigenvalue weighted by atomic mass is 10.4. The van der Waals surface area contributed by atoms with Crippen LogP contribution in [0, 0.1) is 0 Å². The number of aliphatic hydroxyl groups is 1. The van der Waals surface area contributed by atoms with Crippen LogP contribution in [0.1, 0.15) is 0 Å². The van der Waals surface area contributed by atoms with Crippen LogP contribution in [0.3, 0.4) is 0 Å². The number of nitrogens with one attached hydrogen (secondary N) is 1. The van der Waals surface area contributed by atoms with Crippen LogP contribution in [-0.2, 0) is 0 Å². The number of rotatable bonds is 0. The molecule has 8 heavy (non-hydrogen) atoms. The topological polar surface area (TPSA) is 32.3 Å². The highest BCUT2D eigenvalue weighted by atomic mass is 79.9. The van der Waals surface area contributed by atoms with Gasteiger partial charge in [0.25, 0.3) is 0 Å². The van der Waals surface area contributed by atoms with E-state index in [9.17, 15) is 0 Å². The smallest absolute Gasteiger partial charge is 0.144 e. The van der Waals surface area contributed by atoms with Crippen LogP contribution >= 0.6 is 15.9 Å². The van der Waals surface area contributed by atoms with Crippen LogP contribution in [0.2, 0.25) is 0 Å². The molecule has 1 heterocycles. The van der Waals surface area contributed by atoms with Gasteiger partial charge in [-0.15, -0.1) is 0 Å². The molecule has 0 aliphatic carbocycles. The van der Waals surface area contributed by atoms with Crippen molar-refractivity contribution in [3.8, 4) is 0 Å². The minimum atomic E-state index is -0.533. The van der Waals surface area contributed by atoms with E-state index in [1.165, 1.54) is 0 Å². The van der Waals surface area contributed by atoms with Gasteiger partial charge in [0.2, 0.25) is 0 Å². The Morgan fingerprint density at radius 2 is 2.50 bits per heavy atom. The van der Waals surface area contributed by atoms with Gasteiger partial charge in [-0.05, 0) is 18.4 Å². The van der Waals surface area contributed by atoms with Crippen molar-refractivity contribution >= 4 is 15.9 Å². The second-order valence-corrected chi connectivity index (χ2v) is 2.41. The summed E-state index contributed by atoms with van der Waals surface area (Å²) in [5, 5.41) is 11.5. The van der Waals surface area contributed by atoms with Crippen LogP contribution in [-0.4, -0.2) is 11.3 Å². The van der Waals surface area contributed by atoms with Gasteiger partial charge in [0.1, 0.15) is 6.23 Å². The summed E-state index contributed by atoms with van der Waals surface area (Å²) in [5.41, 5.74) is 0. The lowest BCUT2D eigenvalue weighted by Crippen LogP contribution is -2.22. The van der Waals surface area contributed by atoms with Crippen LogP contribution in [0.4, 0.5) is 0 Å². The molecule has 0 aromatic carbocycles. The Labute approximate surface area is 56.0 Å². The lowest BCUT2D eigenvalue weighted by molar-refractivity contribution is 0.200. The maximum atomic E-state index is 8.81. The number of allylic oxidation sites excluding steroid dienone is 2. The Hall–Kier alpha value is -0.280. The summed E-state index contributed by atoms with van der Waals surface area (Å²) in [6.45, 7) is 0. The van der Waals surface area contributed by atoms with Crippen LogP contribution in [0.5, 0.6) is 0 Å². The molecule has 1 unspecified atom stereocenters. The van der Waals surface area contributed by atoms with E-state index in [2.05, 4.69) is 21.2 Å². The highest BCUT2D eigenvalue weighted by Crippen LogP contribution is 2.09. The largest absolute Gasteiger partial charge is 0.370 e. The van der Waals surface area contributed by atoms with Crippen molar-refractivity contribution in [2.75, 3.05) is 0 Å². The van der Waals surface area contributed by atoms with Gasteiger partial charge in [-0.1, -0.05) is 15.9 Å². The summed E-state index contributed by atoms with van der Waals surface area (Å²) in [4.78, 5) is 0. The van der Waals surface area contributed by atoms with Crippen LogP contribution < -0.4 is 5.32 Å². The van der Waals surface area contributed by atoms with Crippen molar-refractivity contribution in [3.05, 3.63) is 22.8 Å². The van der Waals surface area contributed by atoms with E-state index in [0.717, 1.165) is 4.48 Å². The van der Waals surface area contributed by atoms with Crippen molar-refractivity contribution < 1.29 is 5.11 Å². The molecule has 1 rings (SSSR count). The number of hydrogen-bond acceptors (Lipinski definition) is 2. The molecule has 3 heteroatoms. The van der Waals surface area contributed by atoms with E-state index < -0.39 is 6.23 Å². The first kappa shape index (κ1) is 5.85. The molecular formula is C5H6BrNO. The van der Waals surface area contributed by atoms with Gasteiger partial charge >= 0.3 is 0 Å². The van der Waals surface area contributed by atoms with Crippen molar-refractivity contribution in [2.45, 2.75) is 6.23 Å². The Morgan fingerprint density at radius 3 is 2.88 bits per heavy atom. The fourth-order valence-electron chi connectivity index (χ4n) is 0.481. The summed E-state index contributed by atoms with van der Waals surface area (Å²) in [6.07, 6.45) is 4.65. The highest BCUT2D eigenvalue weighted by molar-refractivity contribution is 9.11. The van der Waals surface area contributed by atoms with E-state index in [1.807, 2.05) is 6.08 Å². The van der Waals surface area contributed by atoms with E-state index in [1.54, 1.807) is 12.3 Å². The predicted octanol–water partition coefficient (Wildman–Crippen LogP) is 0.701. The Bertz CT molecular complexity index is 141. The summed E-state index contributed by atoms with van der Waals surface area (Å²) >= 11 is 3.20. The van der Waals surface area contributed by atoms with Crippen molar-refractivity contribution in [3.63, 3.8) is 0 Å². The summed E-state index contributed by atoms with van der Waals surface area (Å²) in [7, 11) is 0. The molecule has 1 aliphatic heterocycles. The molecule has 44 valence electrons. The third kappa shape index (κ3) is 1.35. The molecule has 0 radical (unpaired) electrons. The van der Waals surface area contributed by atoms with E-state index in [0.29, 0.717) is 0 Å². The molecule has 0 bridgehead atoms. The first-order valence-electron chi connectivity index (χ1n) is 2.27. The van der Waals surface area contributed by atoms with Crippen molar-refractivity contribution in [1.82, 2.24) is 5.32 Å². The third-order valence-corrected chi connectivity index (χ3v) is 1.36. The highest BCUT2D eigenvalue weighted by Gasteiger charge is 1.99. The zero-order valence-electron chi connectivity index (χ0n) is 4.13. The molecule has 0 saturated heterocycles. The minimum absolute atomic E-state index is 0.533.